The smallest absolute Gasteiger partial charge is 0.303 e. The van der Waals surface area contributed by atoms with Gasteiger partial charge in [0.1, 0.15) is 0 Å². The van der Waals surface area contributed by atoms with Crippen molar-refractivity contribution < 1.29 is 19.8 Å². The number of nitrogens with one attached hydrogen (secondary N) is 5. The lowest BCUT2D eigenvalue weighted by Gasteiger charge is -2.40. The highest BCUT2D eigenvalue weighted by Gasteiger charge is 2.41. The average Bonchev–Trinajstić information content (AvgIpc) is 3.79. The van der Waals surface area contributed by atoms with Crippen molar-refractivity contribution in [1.82, 2.24) is 51.1 Å². The van der Waals surface area contributed by atoms with E-state index in [0.717, 1.165) is 135 Å². The molecule has 0 saturated carbocycles. The van der Waals surface area contributed by atoms with Crippen LogP contribution in [-0.2, 0) is 16.1 Å². The van der Waals surface area contributed by atoms with Crippen LogP contribution in [0.4, 0.5) is 5.69 Å². The molecule has 15 nitrogen and oxygen atoms in total. The predicted octanol–water partition coefficient (Wildman–Crippen LogP) is 3.96. The Morgan fingerprint density at radius 3 is 1.76 bits per heavy atom. The molecule has 7 aliphatic rings. The van der Waals surface area contributed by atoms with Gasteiger partial charge in [-0.3, -0.25) is 14.5 Å². The Morgan fingerprint density at radius 1 is 0.700 bits per heavy atom. The minimum atomic E-state index is -0.660. The average molecular weight is 976 g/mol. The second kappa shape index (κ2) is 31.4. The fourth-order valence-corrected chi connectivity index (χ4v) is 10.8. The number of hydrogen-bond acceptors (Lipinski definition) is 13. The second-order valence-electron chi connectivity index (χ2n) is 21.7. The molecule has 2 aromatic rings. The summed E-state index contributed by atoms with van der Waals surface area (Å²) in [6.07, 6.45) is 10.4. The molecule has 7 N–H and O–H groups in total. The molecule has 396 valence electrons. The van der Waals surface area contributed by atoms with Crippen molar-refractivity contribution >= 4 is 17.6 Å². The molecule has 9 rings (SSSR count). The topological polar surface area (TPSA) is 154 Å². The number of hydrogen-bond donors (Lipinski definition) is 7. The zero-order chi connectivity index (χ0) is 50.1. The maximum absolute atomic E-state index is 11.2. The fourth-order valence-electron chi connectivity index (χ4n) is 10.8. The molecule has 1 amide bonds. The van der Waals surface area contributed by atoms with E-state index in [9.17, 15) is 14.7 Å². The number of likely N-dealkylation sites (tertiary alicyclic amines) is 1. The Morgan fingerprint density at radius 2 is 1.27 bits per heavy atom. The summed E-state index contributed by atoms with van der Waals surface area (Å²) in [7, 11) is 10.6. The van der Waals surface area contributed by atoms with E-state index in [0.29, 0.717) is 17.8 Å². The van der Waals surface area contributed by atoms with E-state index >= 15 is 0 Å². The van der Waals surface area contributed by atoms with Gasteiger partial charge in [-0.2, -0.15) is 0 Å². The third kappa shape index (κ3) is 21.1. The lowest BCUT2D eigenvalue weighted by Crippen LogP contribution is -2.54. The first-order valence-corrected chi connectivity index (χ1v) is 27.1. The summed E-state index contributed by atoms with van der Waals surface area (Å²) in [6, 6.07) is 18.3. The van der Waals surface area contributed by atoms with Crippen molar-refractivity contribution in [3.05, 3.63) is 65.2 Å². The first-order valence-electron chi connectivity index (χ1n) is 27.1. The summed E-state index contributed by atoms with van der Waals surface area (Å²) in [5.74, 6) is 0.750. The van der Waals surface area contributed by atoms with Crippen molar-refractivity contribution in [2.24, 2.45) is 11.3 Å². The van der Waals surface area contributed by atoms with Gasteiger partial charge in [0.25, 0.3) is 0 Å². The number of aliphatic hydroxyl groups excluding tert-OH is 1. The molecule has 0 radical (unpaired) electrons. The Labute approximate surface area is 423 Å². The van der Waals surface area contributed by atoms with Crippen LogP contribution in [-0.4, -0.2) is 212 Å². The SMILES string of the molecule is CC(=O)N1CCN(C2CCNCC2)CC1.CN(C)CCCC(O)c1ccc(N2CCNCC2)cc1.CN(C)Cc1ccc(C2CCNCC2)cc1.CN1CCC2(CNC2)C1.O=C(O)CC1CCNCC1. The minimum Gasteiger partial charge on any atom is -0.481 e. The number of amides is 1. The Kier molecular flexibility index (Phi) is 25.9. The lowest BCUT2D eigenvalue weighted by atomic mass is 9.81. The van der Waals surface area contributed by atoms with Crippen LogP contribution in [0, 0.1) is 11.3 Å². The molecular weight excluding hydrogens is 879 g/mol. The molecule has 7 saturated heterocycles. The molecule has 1 unspecified atom stereocenters. The Balaban J connectivity index is 0.000000167. The van der Waals surface area contributed by atoms with E-state index in [-0.39, 0.29) is 12.0 Å². The first-order chi connectivity index (χ1) is 33.8. The van der Waals surface area contributed by atoms with Gasteiger partial charge in [-0.1, -0.05) is 36.4 Å². The number of piperidine rings is 3. The largest absolute Gasteiger partial charge is 0.481 e. The van der Waals surface area contributed by atoms with E-state index in [1.165, 1.54) is 88.2 Å². The van der Waals surface area contributed by atoms with Gasteiger partial charge in [-0.15, -0.1) is 0 Å². The lowest BCUT2D eigenvalue weighted by molar-refractivity contribution is -0.138. The van der Waals surface area contributed by atoms with Crippen molar-refractivity contribution in [3.63, 3.8) is 0 Å². The van der Waals surface area contributed by atoms with Crippen LogP contribution in [0.3, 0.4) is 0 Å². The third-order valence-corrected chi connectivity index (χ3v) is 15.3. The molecule has 2 aromatic carbocycles. The van der Waals surface area contributed by atoms with E-state index < -0.39 is 5.97 Å². The summed E-state index contributed by atoms with van der Waals surface area (Å²) in [5.41, 5.74) is 5.92. The summed E-state index contributed by atoms with van der Waals surface area (Å²) < 4.78 is 0. The van der Waals surface area contributed by atoms with Crippen molar-refractivity contribution in [1.29, 1.82) is 0 Å². The first kappa shape index (κ1) is 57.7. The number of aliphatic carboxylic acids is 1. The highest BCUT2D eigenvalue weighted by molar-refractivity contribution is 5.73. The molecule has 70 heavy (non-hydrogen) atoms. The number of carbonyl (C=O) groups is 2. The van der Waals surface area contributed by atoms with Gasteiger partial charge in [0.05, 0.1) is 6.10 Å². The van der Waals surface area contributed by atoms with Crippen LogP contribution >= 0.6 is 0 Å². The van der Waals surface area contributed by atoms with Crippen molar-refractivity contribution in [2.75, 3.05) is 164 Å². The van der Waals surface area contributed by atoms with Crippen LogP contribution in [0.1, 0.15) is 99.8 Å². The number of benzene rings is 2. The number of carbonyl (C=O) groups excluding carboxylic acids is 1. The maximum Gasteiger partial charge on any atom is 0.303 e. The van der Waals surface area contributed by atoms with Gasteiger partial charge in [0.15, 0.2) is 0 Å². The maximum atomic E-state index is 11.2. The molecule has 15 heteroatoms. The van der Waals surface area contributed by atoms with Crippen LogP contribution in [0.2, 0.25) is 0 Å². The quantitative estimate of drug-likeness (QED) is 0.164. The standard InChI is InChI=1S/C16H27N3O.C14H22N2.C11H21N3O.C7H14N2.C7H13NO2/c1-18(2)11-3-4-16(20)14-5-7-15(8-6-14)19-12-9-17-10-13-19;1-16(2)11-12-3-5-13(6-4-12)14-7-9-15-10-8-14;1-10(15)13-6-8-14(9-7-13)11-2-4-12-5-3-11;1-9-3-2-7(6-9)4-8-5-7;9-7(10)5-6-1-3-8-4-2-6/h5-8,16-17,20H,3-4,9-13H2,1-2H3;3-6,14-15H,7-11H2,1-2H3;11-12H,2-9H2,1H3;8H,2-6H2,1H3;6,8H,1-5H2,(H,9,10). The predicted molar refractivity (Wildman–Crippen MR) is 288 cm³/mol. The molecule has 7 fully saturated rings. The zero-order valence-corrected chi connectivity index (χ0v) is 44.5. The molecule has 1 atom stereocenters. The number of nitrogens with zero attached hydrogens (tertiary/aromatic N) is 6. The van der Waals surface area contributed by atoms with Gasteiger partial charge in [-0.05, 0) is 186 Å². The summed E-state index contributed by atoms with van der Waals surface area (Å²) in [6.45, 7) is 23.7. The van der Waals surface area contributed by atoms with Gasteiger partial charge in [-0.25, -0.2) is 0 Å². The van der Waals surface area contributed by atoms with E-state index in [4.69, 9.17) is 5.11 Å². The van der Waals surface area contributed by atoms with E-state index in [1.54, 1.807) is 6.92 Å². The number of anilines is 1. The third-order valence-electron chi connectivity index (χ3n) is 15.3. The van der Waals surface area contributed by atoms with E-state index in [2.05, 4.69) is 135 Å². The minimum absolute atomic E-state index is 0.222. The number of rotatable bonds is 12. The van der Waals surface area contributed by atoms with Gasteiger partial charge < -0.3 is 61.3 Å². The Bertz CT molecular complexity index is 1710. The van der Waals surface area contributed by atoms with Gasteiger partial charge in [0, 0.05) is 109 Å². The Hall–Kier alpha value is -3.22. The van der Waals surface area contributed by atoms with Crippen LogP contribution in [0.25, 0.3) is 0 Å². The summed E-state index contributed by atoms with van der Waals surface area (Å²) in [5, 5.41) is 35.3. The zero-order valence-electron chi connectivity index (χ0n) is 44.5. The highest BCUT2D eigenvalue weighted by atomic mass is 16.4. The molecule has 0 aliphatic carbocycles. The molecule has 1 spiro atoms. The normalized spacial score (nSPS) is 21.8. The molecule has 0 aromatic heterocycles. The van der Waals surface area contributed by atoms with Crippen LogP contribution in [0.5, 0.6) is 0 Å². The second-order valence-corrected chi connectivity index (χ2v) is 21.7. The van der Waals surface area contributed by atoms with Gasteiger partial charge in [0.2, 0.25) is 5.91 Å². The molecule has 0 bridgehead atoms. The van der Waals surface area contributed by atoms with Crippen LogP contribution in [0.15, 0.2) is 48.5 Å². The summed E-state index contributed by atoms with van der Waals surface area (Å²) >= 11 is 0. The fraction of sp³-hybridized carbons (Fsp3) is 0.745. The number of piperazine rings is 2. The monoisotopic (exact) mass is 976 g/mol. The van der Waals surface area contributed by atoms with Gasteiger partial charge >= 0.3 is 5.97 Å². The van der Waals surface area contributed by atoms with Crippen molar-refractivity contribution in [3.8, 4) is 0 Å². The molecular formula is C55H97N11O4. The summed E-state index contributed by atoms with van der Waals surface area (Å²) in [4.78, 5) is 35.1. The number of aliphatic hydroxyl groups is 1. The highest BCUT2D eigenvalue weighted by Crippen LogP contribution is 2.33. The van der Waals surface area contributed by atoms with Crippen LogP contribution < -0.4 is 31.5 Å². The molecule has 7 heterocycles. The number of carboxylic acids is 1. The van der Waals surface area contributed by atoms with Crippen molar-refractivity contribution in [2.45, 2.75) is 95.7 Å². The molecule has 7 aliphatic heterocycles. The number of carboxylic acid groups (broad SMARTS) is 1. The van der Waals surface area contributed by atoms with E-state index in [1.807, 2.05) is 4.90 Å².